The van der Waals surface area contributed by atoms with Crippen LogP contribution in [0.15, 0.2) is 0 Å². The first-order valence-corrected chi connectivity index (χ1v) is 1.11. The summed E-state index contributed by atoms with van der Waals surface area (Å²) in [5.41, 5.74) is 0. The molecule has 41 valence electrons. The third-order valence-corrected chi connectivity index (χ3v) is 0.183. The zero-order valence-corrected chi connectivity index (χ0v) is 7.29. The molecule has 0 fully saturated rings. The van der Waals surface area contributed by atoms with Gasteiger partial charge in [-0.1, -0.05) is 0 Å². The molecule has 2 N–H and O–H groups in total. The fourth-order valence-corrected chi connectivity index (χ4v) is 0. The molecule has 0 saturated carbocycles. The maximum Gasteiger partial charge on any atom is 1.00 e. The van der Waals surface area contributed by atoms with Crippen LogP contribution in [0.1, 0.15) is 2.85 Å². The molecule has 0 aliphatic rings. The normalized spacial score (nSPS) is 4.89. The van der Waals surface area contributed by atoms with Crippen LogP contribution in [0.5, 0.6) is 0 Å². The van der Waals surface area contributed by atoms with Crippen molar-refractivity contribution in [3.05, 3.63) is 0 Å². The van der Waals surface area contributed by atoms with Gasteiger partial charge in [0.15, 0.2) is 0 Å². The topological polar surface area (TPSA) is 74.6 Å². The van der Waals surface area contributed by atoms with Crippen LogP contribution in [0.2, 0.25) is 0 Å². The molecule has 7 heteroatoms. The van der Waals surface area contributed by atoms with Crippen molar-refractivity contribution in [2.45, 2.75) is 0 Å². The van der Waals surface area contributed by atoms with Crippen LogP contribution in [-0.4, -0.2) is 30.6 Å². The zero-order chi connectivity index (χ0) is 5.15. The summed E-state index contributed by atoms with van der Waals surface area (Å²) in [5, 5.41) is 14.8. The number of carboxylic acid groups (broad SMARTS) is 2. The molecule has 9 heavy (non-hydrogen) atoms. The van der Waals surface area contributed by atoms with Crippen molar-refractivity contribution in [2.24, 2.45) is 0 Å². The second-order valence-electron chi connectivity index (χ2n) is 0.610. The molecule has 0 unspecified atom stereocenters. The minimum Gasteiger partial charge on any atom is -1.00 e. The molecule has 0 atom stereocenters. The Balaban J connectivity index is -0.0000000125. The number of carboxylic acids is 2. The standard InChI is InChI=1S/C2H2O4.B.Li.Na.2H/c3-1(4)2(5)6;;;;;/h(H,3,4)(H,5,6);;;;;/q;;2*+1;2*-1. The van der Waals surface area contributed by atoms with Crippen LogP contribution in [0.25, 0.3) is 0 Å². The SMILES string of the molecule is O=C(O)C(=O)O.[B].[H-].[H-].[Li+].[Na+]. The fraction of sp³-hybridized carbons (Fsp3) is 0. The van der Waals surface area contributed by atoms with Gasteiger partial charge in [0.25, 0.3) is 0 Å². The summed E-state index contributed by atoms with van der Waals surface area (Å²) in [7, 11) is 0. The quantitative estimate of drug-likeness (QED) is 0.254. The van der Waals surface area contributed by atoms with Crippen molar-refractivity contribution < 1.29 is 71.1 Å². The van der Waals surface area contributed by atoms with E-state index >= 15 is 0 Å². The van der Waals surface area contributed by atoms with E-state index in [0.29, 0.717) is 0 Å². The third kappa shape index (κ3) is 17.7. The van der Waals surface area contributed by atoms with Gasteiger partial charge in [0.2, 0.25) is 0 Å². The van der Waals surface area contributed by atoms with Crippen molar-refractivity contribution in [3.8, 4) is 0 Å². The molecule has 0 rings (SSSR count). The molecule has 0 aromatic heterocycles. The number of carbonyl (C=O) groups is 2. The van der Waals surface area contributed by atoms with Crippen LogP contribution < -0.4 is 48.4 Å². The van der Waals surface area contributed by atoms with E-state index in [1.54, 1.807) is 0 Å². The zero-order valence-electron chi connectivity index (χ0n) is 7.29. The summed E-state index contributed by atoms with van der Waals surface area (Å²) in [4.78, 5) is 18.2. The van der Waals surface area contributed by atoms with E-state index in [4.69, 9.17) is 19.8 Å². The van der Waals surface area contributed by atoms with E-state index in [2.05, 4.69) is 0 Å². The Hall–Kier alpha value is 0.602. The van der Waals surface area contributed by atoms with Crippen LogP contribution in [0.3, 0.4) is 0 Å². The van der Waals surface area contributed by atoms with E-state index in [1.807, 2.05) is 0 Å². The molecule has 0 saturated heterocycles. The fourth-order valence-electron chi connectivity index (χ4n) is 0. The van der Waals surface area contributed by atoms with Gasteiger partial charge in [-0.05, 0) is 0 Å². The Morgan fingerprint density at radius 3 is 1.22 bits per heavy atom. The minimum atomic E-state index is -1.82. The van der Waals surface area contributed by atoms with E-state index in [9.17, 15) is 0 Å². The minimum absolute atomic E-state index is 0. The third-order valence-electron chi connectivity index (χ3n) is 0.183. The number of rotatable bonds is 0. The Morgan fingerprint density at radius 1 is 1.11 bits per heavy atom. The Bertz CT molecular complexity index is 92.1. The van der Waals surface area contributed by atoms with Gasteiger partial charge in [-0.25, -0.2) is 9.59 Å². The molecule has 0 bridgehead atoms. The summed E-state index contributed by atoms with van der Waals surface area (Å²) in [6.45, 7) is 0. The van der Waals surface area contributed by atoms with E-state index in [0.717, 1.165) is 0 Å². The van der Waals surface area contributed by atoms with Gasteiger partial charge in [0.05, 0.1) is 0 Å². The van der Waals surface area contributed by atoms with Crippen LogP contribution in [0, 0.1) is 0 Å². The average molecular weight is 133 g/mol. The summed E-state index contributed by atoms with van der Waals surface area (Å²) >= 11 is 0. The Morgan fingerprint density at radius 2 is 1.22 bits per heavy atom. The first-order valence-electron chi connectivity index (χ1n) is 1.11. The monoisotopic (exact) mass is 133 g/mol. The molecular weight excluding hydrogens is 129 g/mol. The van der Waals surface area contributed by atoms with Gasteiger partial charge in [-0.3, -0.25) is 0 Å². The maximum atomic E-state index is 9.10. The van der Waals surface area contributed by atoms with Crippen molar-refractivity contribution in [1.82, 2.24) is 0 Å². The van der Waals surface area contributed by atoms with Gasteiger partial charge < -0.3 is 13.1 Å². The smallest absolute Gasteiger partial charge is 1.00 e. The predicted molar refractivity (Wildman–Crippen MR) is 23.2 cm³/mol. The Kier molecular flexibility index (Phi) is 28.7. The van der Waals surface area contributed by atoms with Crippen LogP contribution in [-0.2, 0) is 9.59 Å². The van der Waals surface area contributed by atoms with Crippen molar-refractivity contribution in [3.63, 3.8) is 0 Å². The molecular formula is C2H4BLiNaO4. The van der Waals surface area contributed by atoms with Crippen molar-refractivity contribution in [2.75, 3.05) is 0 Å². The molecule has 0 aromatic rings. The molecule has 0 amide bonds. The maximum absolute atomic E-state index is 9.10. The largest absolute Gasteiger partial charge is 1.00 e. The Labute approximate surface area is 91.0 Å². The predicted octanol–water partition coefficient (Wildman–Crippen LogP) is -6.99. The molecule has 0 aliphatic heterocycles. The van der Waals surface area contributed by atoms with Crippen molar-refractivity contribution >= 4 is 20.4 Å². The molecule has 4 nitrogen and oxygen atoms in total. The molecule has 0 aromatic carbocycles. The van der Waals surface area contributed by atoms with E-state index in [1.165, 1.54) is 0 Å². The summed E-state index contributed by atoms with van der Waals surface area (Å²) in [6, 6.07) is 0. The van der Waals surface area contributed by atoms with E-state index < -0.39 is 11.9 Å². The van der Waals surface area contributed by atoms with Gasteiger partial charge in [-0.15, -0.1) is 0 Å². The van der Waals surface area contributed by atoms with Gasteiger partial charge in [0.1, 0.15) is 0 Å². The van der Waals surface area contributed by atoms with Crippen LogP contribution >= 0.6 is 0 Å². The van der Waals surface area contributed by atoms with E-state index in [-0.39, 0.29) is 59.7 Å². The van der Waals surface area contributed by atoms with Crippen molar-refractivity contribution in [1.29, 1.82) is 0 Å². The first kappa shape index (κ1) is 22.6. The average Bonchev–Trinajstić information content (AvgIpc) is 1.36. The second-order valence-corrected chi connectivity index (χ2v) is 0.610. The number of hydrogen-bond acceptors (Lipinski definition) is 2. The molecule has 3 radical (unpaired) electrons. The summed E-state index contributed by atoms with van der Waals surface area (Å²) in [6.07, 6.45) is 0. The summed E-state index contributed by atoms with van der Waals surface area (Å²) in [5.74, 6) is -3.65. The first-order chi connectivity index (χ1) is 2.64. The summed E-state index contributed by atoms with van der Waals surface area (Å²) < 4.78 is 0. The molecule has 0 aliphatic carbocycles. The van der Waals surface area contributed by atoms with Gasteiger partial charge >= 0.3 is 60.4 Å². The number of aliphatic carboxylic acids is 2. The molecule has 0 spiro atoms. The molecule has 0 heterocycles. The second kappa shape index (κ2) is 11.4. The number of hydrogen-bond donors (Lipinski definition) is 2. The van der Waals surface area contributed by atoms with Gasteiger partial charge in [0, 0.05) is 8.41 Å². The van der Waals surface area contributed by atoms with Crippen LogP contribution in [0.4, 0.5) is 0 Å². The van der Waals surface area contributed by atoms with Gasteiger partial charge in [-0.2, -0.15) is 0 Å².